The standard InChI is InChI=1S/C30H42N6O6/c1-19(21-10-8-14-34(21)2)41-27-22-26(36(15-16-38-4)28(37)35(22)3)31-25(32-27)23-20-9-7-12-29(24(20)33-42-23)11-5-6-13-30(29)39-17-18-40-30/h19,21H,5-18H2,1-4H3/t19-,21-,29-/m0/s1. The van der Waals surface area contributed by atoms with Gasteiger partial charge < -0.3 is 23.5 Å². The van der Waals surface area contributed by atoms with E-state index in [0.717, 1.165) is 75.6 Å². The molecule has 12 heteroatoms. The van der Waals surface area contributed by atoms with Crippen molar-refractivity contribution in [3.8, 4) is 17.5 Å². The topological polar surface area (TPSA) is 119 Å². The third-order valence-corrected chi connectivity index (χ3v) is 10.2. The molecule has 0 amide bonds. The number of hydrogen-bond donors (Lipinski definition) is 0. The number of likely N-dealkylation sites (N-methyl/N-ethyl adjacent to an activating group) is 1. The number of imidazole rings is 1. The van der Waals surface area contributed by atoms with E-state index in [1.807, 2.05) is 0 Å². The fourth-order valence-corrected chi connectivity index (χ4v) is 8.11. The Morgan fingerprint density at radius 3 is 2.62 bits per heavy atom. The summed E-state index contributed by atoms with van der Waals surface area (Å²) in [5.74, 6) is 0.641. The summed E-state index contributed by atoms with van der Waals surface area (Å²) in [6, 6.07) is 0.262. The van der Waals surface area contributed by atoms with E-state index >= 15 is 0 Å². The van der Waals surface area contributed by atoms with Crippen LogP contribution in [-0.2, 0) is 39.6 Å². The number of aryl methyl sites for hydroxylation is 1. The van der Waals surface area contributed by atoms with Crippen molar-refractivity contribution in [1.29, 1.82) is 0 Å². The minimum Gasteiger partial charge on any atom is -0.471 e. The van der Waals surface area contributed by atoms with E-state index in [-0.39, 0.29) is 23.3 Å². The van der Waals surface area contributed by atoms with Crippen molar-refractivity contribution in [3.63, 3.8) is 0 Å². The number of methoxy groups -OCH3 is 1. The van der Waals surface area contributed by atoms with Gasteiger partial charge in [0, 0.05) is 32.2 Å². The molecule has 42 heavy (non-hydrogen) atoms. The first kappa shape index (κ1) is 28.0. The zero-order valence-electron chi connectivity index (χ0n) is 25.2. The zero-order valence-corrected chi connectivity index (χ0v) is 25.2. The Balaban J connectivity index is 1.37. The van der Waals surface area contributed by atoms with Crippen LogP contribution >= 0.6 is 0 Å². The highest BCUT2D eigenvalue weighted by Crippen LogP contribution is 2.56. The molecule has 5 heterocycles. The third-order valence-electron chi connectivity index (χ3n) is 10.2. The number of nitrogens with zero attached hydrogens (tertiary/aromatic N) is 6. The molecule has 4 aliphatic rings. The van der Waals surface area contributed by atoms with Gasteiger partial charge in [0.1, 0.15) is 6.10 Å². The van der Waals surface area contributed by atoms with Crippen LogP contribution in [0.4, 0.5) is 0 Å². The summed E-state index contributed by atoms with van der Waals surface area (Å²) in [5.41, 5.74) is 2.45. The maximum atomic E-state index is 13.4. The summed E-state index contributed by atoms with van der Waals surface area (Å²) >= 11 is 0. The van der Waals surface area contributed by atoms with Crippen LogP contribution in [0.3, 0.4) is 0 Å². The highest BCUT2D eigenvalue weighted by atomic mass is 16.7. The summed E-state index contributed by atoms with van der Waals surface area (Å²) in [4.78, 5) is 25.6. The molecule has 2 saturated heterocycles. The van der Waals surface area contributed by atoms with E-state index in [4.69, 9.17) is 38.6 Å². The Hall–Kier alpha value is -2.80. The fourth-order valence-electron chi connectivity index (χ4n) is 8.11. The number of aromatic nitrogens is 5. The fraction of sp³-hybridized carbons (Fsp3) is 0.733. The van der Waals surface area contributed by atoms with Gasteiger partial charge in [-0.3, -0.25) is 14.0 Å². The number of likely N-dealkylation sites (tertiary alicyclic amines) is 1. The molecule has 2 aliphatic carbocycles. The average Bonchev–Trinajstić information content (AvgIpc) is 3.78. The number of hydrogen-bond acceptors (Lipinski definition) is 10. The summed E-state index contributed by atoms with van der Waals surface area (Å²) < 4.78 is 34.0. The summed E-state index contributed by atoms with van der Waals surface area (Å²) in [7, 11) is 5.49. The molecule has 12 nitrogen and oxygen atoms in total. The molecular weight excluding hydrogens is 540 g/mol. The smallest absolute Gasteiger partial charge is 0.330 e. The molecule has 7 rings (SSSR count). The molecule has 3 aromatic heterocycles. The van der Waals surface area contributed by atoms with Crippen LogP contribution in [-0.4, -0.2) is 87.6 Å². The molecular formula is C30H42N6O6. The number of fused-ring (bicyclic) bond motifs is 4. The lowest BCUT2D eigenvalue weighted by molar-refractivity contribution is -0.231. The molecule has 3 aromatic rings. The summed E-state index contributed by atoms with van der Waals surface area (Å²) in [6.45, 7) is 5.05. The van der Waals surface area contributed by atoms with Crippen LogP contribution in [0, 0.1) is 0 Å². The van der Waals surface area contributed by atoms with Gasteiger partial charge in [-0.15, -0.1) is 0 Å². The molecule has 0 N–H and O–H groups in total. The van der Waals surface area contributed by atoms with Crippen molar-refractivity contribution in [2.75, 3.05) is 40.5 Å². The van der Waals surface area contributed by atoms with Crippen molar-refractivity contribution in [2.24, 2.45) is 7.05 Å². The van der Waals surface area contributed by atoms with Crippen LogP contribution < -0.4 is 10.4 Å². The highest BCUT2D eigenvalue weighted by molar-refractivity contribution is 5.79. The number of rotatable bonds is 7. The molecule has 0 unspecified atom stereocenters. The van der Waals surface area contributed by atoms with E-state index in [2.05, 4.69) is 18.9 Å². The lowest BCUT2D eigenvalue weighted by Gasteiger charge is -2.50. The van der Waals surface area contributed by atoms with Gasteiger partial charge in [-0.2, -0.15) is 4.98 Å². The van der Waals surface area contributed by atoms with Crippen molar-refractivity contribution in [3.05, 3.63) is 21.7 Å². The first-order chi connectivity index (χ1) is 20.4. The van der Waals surface area contributed by atoms with Crippen molar-refractivity contribution < 1.29 is 23.5 Å². The maximum absolute atomic E-state index is 13.4. The zero-order chi connectivity index (χ0) is 29.1. The molecule has 228 valence electrons. The first-order valence-corrected chi connectivity index (χ1v) is 15.5. The summed E-state index contributed by atoms with van der Waals surface area (Å²) in [5, 5.41) is 4.71. The predicted molar refractivity (Wildman–Crippen MR) is 154 cm³/mol. The largest absolute Gasteiger partial charge is 0.471 e. The second-order valence-electron chi connectivity index (χ2n) is 12.5. The van der Waals surface area contributed by atoms with Crippen LogP contribution in [0.1, 0.15) is 69.5 Å². The van der Waals surface area contributed by atoms with Gasteiger partial charge in [-0.25, -0.2) is 9.78 Å². The Kier molecular flexibility index (Phi) is 7.15. The molecule has 0 bridgehead atoms. The van der Waals surface area contributed by atoms with Gasteiger partial charge >= 0.3 is 5.69 Å². The second-order valence-corrected chi connectivity index (χ2v) is 12.5. The summed E-state index contributed by atoms with van der Waals surface area (Å²) in [6.07, 6.45) is 8.74. The minimum absolute atomic E-state index is 0.133. The minimum atomic E-state index is -0.656. The van der Waals surface area contributed by atoms with Crippen molar-refractivity contribution in [2.45, 2.75) is 94.6 Å². The van der Waals surface area contributed by atoms with E-state index in [1.165, 1.54) is 0 Å². The normalized spacial score (nSPS) is 26.4. The third kappa shape index (κ3) is 4.16. The van der Waals surface area contributed by atoms with Crippen LogP contribution in [0.25, 0.3) is 22.7 Å². The van der Waals surface area contributed by atoms with Gasteiger partial charge in [-0.1, -0.05) is 11.6 Å². The predicted octanol–water partition coefficient (Wildman–Crippen LogP) is 3.18. The molecule has 0 aromatic carbocycles. The highest BCUT2D eigenvalue weighted by Gasteiger charge is 2.61. The molecule has 3 fully saturated rings. The lowest BCUT2D eigenvalue weighted by Crippen LogP contribution is -2.56. The molecule has 2 spiro atoms. The second kappa shape index (κ2) is 10.7. The SMILES string of the molecule is COCCn1c(=O)n(C)c2c(O[C@@H](C)[C@@H]3CCCN3C)nc(-c3onc4c3CCC[C@@]43CCCCC34OCCO4)nc21. The molecule has 2 aliphatic heterocycles. The number of ether oxygens (including phenoxy) is 4. The molecule has 0 radical (unpaired) electrons. The molecule has 3 atom stereocenters. The Morgan fingerprint density at radius 2 is 1.86 bits per heavy atom. The van der Waals surface area contributed by atoms with Gasteiger partial charge in [0.25, 0.3) is 0 Å². The van der Waals surface area contributed by atoms with E-state index < -0.39 is 5.79 Å². The van der Waals surface area contributed by atoms with E-state index in [0.29, 0.717) is 55.0 Å². The van der Waals surface area contributed by atoms with E-state index in [9.17, 15) is 4.79 Å². The van der Waals surface area contributed by atoms with Gasteiger partial charge in [0.2, 0.25) is 17.5 Å². The van der Waals surface area contributed by atoms with Crippen LogP contribution in [0.15, 0.2) is 9.32 Å². The first-order valence-electron chi connectivity index (χ1n) is 15.5. The maximum Gasteiger partial charge on any atom is 0.330 e. The molecule has 1 saturated carbocycles. The van der Waals surface area contributed by atoms with Gasteiger partial charge in [-0.05, 0) is 65.5 Å². The Labute approximate surface area is 245 Å². The van der Waals surface area contributed by atoms with Crippen LogP contribution in [0.5, 0.6) is 5.88 Å². The van der Waals surface area contributed by atoms with Gasteiger partial charge in [0.15, 0.2) is 17.0 Å². The quantitative estimate of drug-likeness (QED) is 0.411. The van der Waals surface area contributed by atoms with Crippen molar-refractivity contribution in [1.82, 2.24) is 29.2 Å². The van der Waals surface area contributed by atoms with Crippen molar-refractivity contribution >= 4 is 11.2 Å². The van der Waals surface area contributed by atoms with Crippen LogP contribution in [0.2, 0.25) is 0 Å². The monoisotopic (exact) mass is 582 g/mol. The van der Waals surface area contributed by atoms with E-state index in [1.54, 1.807) is 23.3 Å². The average molecular weight is 583 g/mol. The Bertz CT molecular complexity index is 1520. The van der Waals surface area contributed by atoms with Gasteiger partial charge in [0.05, 0.1) is 37.5 Å². The Morgan fingerprint density at radius 1 is 1.07 bits per heavy atom. The lowest BCUT2D eigenvalue weighted by atomic mass is 9.61.